The van der Waals surface area contributed by atoms with Gasteiger partial charge in [-0.15, -0.1) is 0 Å². The lowest BCUT2D eigenvalue weighted by molar-refractivity contribution is -0.222. The van der Waals surface area contributed by atoms with E-state index in [-0.39, 0.29) is 12.1 Å². The normalized spacial score (nSPS) is 32.1. The molecule has 2 bridgehead atoms. The highest BCUT2D eigenvalue weighted by Crippen LogP contribution is 2.31. The predicted octanol–water partition coefficient (Wildman–Crippen LogP) is 1.98. The second-order valence-electron chi connectivity index (χ2n) is 8.02. The highest BCUT2D eigenvalue weighted by Gasteiger charge is 2.48. The van der Waals surface area contributed by atoms with Gasteiger partial charge in [0.1, 0.15) is 24.4 Å². The van der Waals surface area contributed by atoms with Crippen LogP contribution in [0.25, 0.3) is 0 Å². The lowest BCUT2D eigenvalue weighted by Gasteiger charge is -2.51. The molecular weight excluding hydrogens is 380 g/mol. The second-order valence-corrected chi connectivity index (χ2v) is 8.02. The molecule has 1 aliphatic carbocycles. The lowest BCUT2D eigenvalue weighted by atomic mass is 9.87. The van der Waals surface area contributed by atoms with E-state index in [1.165, 1.54) is 0 Å². The molecule has 2 N–H and O–H groups in total. The summed E-state index contributed by atoms with van der Waals surface area (Å²) in [4.78, 5) is 0. The van der Waals surface area contributed by atoms with E-state index >= 15 is 0 Å². The smallest absolute Gasteiger partial charge is 0.114 e. The van der Waals surface area contributed by atoms with E-state index in [2.05, 4.69) is 0 Å². The Morgan fingerprint density at radius 2 is 1.03 bits per heavy atom. The van der Waals surface area contributed by atoms with E-state index in [4.69, 9.17) is 9.47 Å². The van der Waals surface area contributed by atoms with E-state index in [1.54, 1.807) is 0 Å². The molecule has 160 valence electrons. The van der Waals surface area contributed by atoms with Crippen molar-refractivity contribution in [2.45, 2.75) is 49.7 Å². The molecule has 0 spiro atoms. The molecule has 2 aromatic carbocycles. The molecule has 6 heteroatoms. The summed E-state index contributed by atoms with van der Waals surface area (Å²) >= 11 is 0. The van der Waals surface area contributed by atoms with Gasteiger partial charge in [-0.25, -0.2) is 10.0 Å². The number of nitrogens with zero attached hydrogens (tertiary/aromatic N) is 2. The Morgan fingerprint density at radius 1 is 0.667 bits per heavy atom. The van der Waals surface area contributed by atoms with Gasteiger partial charge in [-0.05, 0) is 11.1 Å². The van der Waals surface area contributed by atoms with Crippen LogP contribution in [0.2, 0.25) is 0 Å². The Labute approximate surface area is 177 Å². The Hall–Kier alpha value is -2.06. The minimum atomic E-state index is -0.867. The average molecular weight is 411 g/mol. The summed E-state index contributed by atoms with van der Waals surface area (Å²) in [5, 5.41) is 26.4. The van der Waals surface area contributed by atoms with Gasteiger partial charge in [0.15, 0.2) is 0 Å². The van der Waals surface area contributed by atoms with E-state index < -0.39 is 24.4 Å². The minimum absolute atomic E-state index is 0.262. The van der Waals surface area contributed by atoms with Crippen molar-refractivity contribution in [2.24, 2.45) is 0 Å². The average Bonchev–Trinajstić information content (AvgIpc) is 2.77. The number of hydrogen-bond acceptors (Lipinski definition) is 6. The minimum Gasteiger partial charge on any atom is -0.388 e. The summed E-state index contributed by atoms with van der Waals surface area (Å²) in [5.41, 5.74) is 2.02. The fourth-order valence-electron chi connectivity index (χ4n) is 4.26. The fraction of sp³-hybridized carbons (Fsp3) is 0.417. The summed E-state index contributed by atoms with van der Waals surface area (Å²) in [6.45, 7) is 0.669. The first kappa shape index (κ1) is 21.2. The third kappa shape index (κ3) is 4.34. The van der Waals surface area contributed by atoms with Gasteiger partial charge in [-0.1, -0.05) is 72.8 Å². The molecule has 0 aromatic heterocycles. The number of fused-ring (bicyclic) bond motifs is 4. The highest BCUT2D eigenvalue weighted by molar-refractivity contribution is 5.17. The molecule has 2 aromatic rings. The van der Waals surface area contributed by atoms with Crippen LogP contribution >= 0.6 is 0 Å². The van der Waals surface area contributed by atoms with Crippen LogP contribution in [0.15, 0.2) is 72.8 Å². The van der Waals surface area contributed by atoms with Crippen LogP contribution in [-0.2, 0) is 22.7 Å². The van der Waals surface area contributed by atoms with E-state index in [1.807, 2.05) is 96.9 Å². The maximum Gasteiger partial charge on any atom is 0.114 e. The predicted molar refractivity (Wildman–Crippen MR) is 114 cm³/mol. The van der Waals surface area contributed by atoms with Crippen LogP contribution in [0.1, 0.15) is 11.1 Å². The summed E-state index contributed by atoms with van der Waals surface area (Å²) in [6.07, 6.45) is 0.800. The first-order valence-electron chi connectivity index (χ1n) is 10.4. The quantitative estimate of drug-likeness (QED) is 0.710. The van der Waals surface area contributed by atoms with Crippen LogP contribution in [0.5, 0.6) is 0 Å². The van der Waals surface area contributed by atoms with Crippen LogP contribution in [0.3, 0.4) is 0 Å². The summed E-state index contributed by atoms with van der Waals surface area (Å²) < 4.78 is 12.4. The number of aliphatic hydroxyl groups is 2. The van der Waals surface area contributed by atoms with Crippen molar-refractivity contribution in [3.8, 4) is 0 Å². The Morgan fingerprint density at radius 3 is 1.40 bits per heavy atom. The maximum atomic E-state index is 11.3. The van der Waals surface area contributed by atoms with Gasteiger partial charge in [0, 0.05) is 14.1 Å². The molecule has 0 radical (unpaired) electrons. The zero-order valence-corrected chi connectivity index (χ0v) is 17.4. The molecule has 3 aliphatic rings. The topological polar surface area (TPSA) is 65.4 Å². The monoisotopic (exact) mass is 410 g/mol. The van der Waals surface area contributed by atoms with Gasteiger partial charge in [-0.3, -0.25) is 0 Å². The molecule has 6 atom stereocenters. The van der Waals surface area contributed by atoms with Crippen molar-refractivity contribution in [1.29, 1.82) is 0 Å². The third-order valence-corrected chi connectivity index (χ3v) is 6.13. The maximum absolute atomic E-state index is 11.3. The molecule has 2 aliphatic heterocycles. The van der Waals surface area contributed by atoms with Gasteiger partial charge in [-0.2, -0.15) is 0 Å². The molecule has 1 saturated heterocycles. The van der Waals surface area contributed by atoms with Crippen molar-refractivity contribution >= 4 is 0 Å². The summed E-state index contributed by atoms with van der Waals surface area (Å²) in [5.74, 6) is 0. The van der Waals surface area contributed by atoms with Crippen LogP contribution < -0.4 is 0 Å². The Balaban J connectivity index is 1.60. The number of rotatable bonds is 6. The third-order valence-electron chi connectivity index (χ3n) is 6.13. The molecule has 6 nitrogen and oxygen atoms in total. The van der Waals surface area contributed by atoms with Gasteiger partial charge in [0.2, 0.25) is 0 Å². The van der Waals surface area contributed by atoms with Crippen LogP contribution in [0.4, 0.5) is 0 Å². The molecule has 0 saturated carbocycles. The number of ether oxygens (including phenoxy) is 2. The van der Waals surface area contributed by atoms with Gasteiger partial charge >= 0.3 is 0 Å². The van der Waals surface area contributed by atoms with Gasteiger partial charge < -0.3 is 19.7 Å². The second kappa shape index (κ2) is 9.39. The van der Waals surface area contributed by atoms with Crippen LogP contribution in [-0.4, -0.2) is 70.8 Å². The van der Waals surface area contributed by atoms with Crippen molar-refractivity contribution in [1.82, 2.24) is 10.0 Å². The number of hydrazine groups is 1. The van der Waals surface area contributed by atoms with Gasteiger partial charge in [0.25, 0.3) is 0 Å². The standard InChI is InChI=1S/C24H30N2O4/c1-25-19-13-14-20(26(25)2)22(28)24(30-16-18-11-7-4-8-12-18)23(21(19)27)29-15-17-9-5-3-6-10-17/h3-14,19-24,27-28H,15-16H2,1-2H3/t19-,20+,21+,22-,23-,24+. The number of likely N-dealkylation sites (N-methyl/N-ethyl adjacent to an activating group) is 2. The number of hydrogen-bond donors (Lipinski definition) is 2. The number of aliphatic hydroxyl groups excluding tert-OH is 2. The van der Waals surface area contributed by atoms with Crippen molar-refractivity contribution in [3.05, 3.63) is 83.9 Å². The van der Waals surface area contributed by atoms with E-state index in [0.29, 0.717) is 13.2 Å². The van der Waals surface area contributed by atoms with E-state index in [0.717, 1.165) is 11.1 Å². The SMILES string of the molecule is CN1[C@@H]2C=C[C@@H]([C@@H](O)[C@H](OCc3ccccc3)[C@H](OCc3ccccc3)[C@H]2O)N1C. The Kier molecular flexibility index (Phi) is 6.63. The molecule has 0 unspecified atom stereocenters. The highest BCUT2D eigenvalue weighted by atomic mass is 16.6. The zero-order chi connectivity index (χ0) is 21.1. The molecule has 0 amide bonds. The Bertz CT molecular complexity index is 762. The number of benzene rings is 2. The molecule has 5 rings (SSSR count). The van der Waals surface area contributed by atoms with E-state index in [9.17, 15) is 10.2 Å². The summed E-state index contributed by atoms with van der Waals surface area (Å²) in [7, 11) is 3.83. The summed E-state index contributed by atoms with van der Waals surface area (Å²) in [6, 6.07) is 19.2. The van der Waals surface area contributed by atoms with Gasteiger partial charge in [0.05, 0.1) is 25.3 Å². The van der Waals surface area contributed by atoms with Crippen LogP contribution in [0, 0.1) is 0 Å². The van der Waals surface area contributed by atoms with Crippen molar-refractivity contribution in [2.75, 3.05) is 14.1 Å². The zero-order valence-electron chi connectivity index (χ0n) is 17.4. The first-order chi connectivity index (χ1) is 14.6. The molecule has 1 fully saturated rings. The lowest BCUT2D eigenvalue weighted by Crippen LogP contribution is -2.67. The molecule has 2 heterocycles. The van der Waals surface area contributed by atoms with Crippen molar-refractivity contribution in [3.63, 3.8) is 0 Å². The molecule has 30 heavy (non-hydrogen) atoms. The van der Waals surface area contributed by atoms with Crippen molar-refractivity contribution < 1.29 is 19.7 Å². The largest absolute Gasteiger partial charge is 0.388 e. The molecular formula is C24H30N2O4. The fourth-order valence-corrected chi connectivity index (χ4v) is 4.26. The first-order valence-corrected chi connectivity index (χ1v) is 10.4.